The third-order valence-electron chi connectivity index (χ3n) is 3.55. The Morgan fingerprint density at radius 2 is 2.17 bits per heavy atom. The summed E-state index contributed by atoms with van der Waals surface area (Å²) in [5.41, 5.74) is 6.68. The Morgan fingerprint density at radius 1 is 1.44 bits per heavy atom. The molecule has 0 spiro atoms. The quantitative estimate of drug-likeness (QED) is 0.875. The van der Waals surface area contributed by atoms with Gasteiger partial charge in [0.1, 0.15) is 5.82 Å². The Kier molecular flexibility index (Phi) is 3.97. The van der Waals surface area contributed by atoms with Gasteiger partial charge in [-0.25, -0.2) is 4.39 Å². The number of amides is 1. The minimum atomic E-state index is -0.341. The van der Waals surface area contributed by atoms with Crippen LogP contribution in [0, 0.1) is 5.82 Å². The molecule has 1 saturated heterocycles. The normalized spacial score (nSPS) is 25.1. The van der Waals surface area contributed by atoms with E-state index in [-0.39, 0.29) is 23.8 Å². The van der Waals surface area contributed by atoms with E-state index in [9.17, 15) is 9.18 Å². The molecule has 0 radical (unpaired) electrons. The highest BCUT2D eigenvalue weighted by molar-refractivity contribution is 5.77. The SMILES string of the molecule is CCN1C(=O)CCCC(N)C1c1ccccc1F. The minimum absolute atomic E-state index is 0.0682. The van der Waals surface area contributed by atoms with E-state index in [0.717, 1.165) is 12.8 Å². The summed E-state index contributed by atoms with van der Waals surface area (Å²) in [7, 11) is 0. The molecule has 1 fully saturated rings. The van der Waals surface area contributed by atoms with Crippen molar-refractivity contribution >= 4 is 5.91 Å². The van der Waals surface area contributed by atoms with Crippen molar-refractivity contribution in [1.82, 2.24) is 4.90 Å². The third kappa shape index (κ3) is 2.38. The van der Waals surface area contributed by atoms with Crippen molar-refractivity contribution in [3.05, 3.63) is 35.6 Å². The lowest BCUT2D eigenvalue weighted by molar-refractivity contribution is -0.133. The zero-order valence-electron chi connectivity index (χ0n) is 10.6. The Balaban J connectivity index is 2.42. The highest BCUT2D eigenvalue weighted by Gasteiger charge is 2.33. The van der Waals surface area contributed by atoms with Crippen LogP contribution in [0.4, 0.5) is 4.39 Å². The number of carbonyl (C=O) groups excluding carboxylic acids is 1. The molecular formula is C14H19FN2O. The maximum Gasteiger partial charge on any atom is 0.223 e. The predicted molar refractivity (Wildman–Crippen MR) is 68.4 cm³/mol. The molecular weight excluding hydrogens is 231 g/mol. The molecule has 18 heavy (non-hydrogen) atoms. The molecule has 2 atom stereocenters. The number of likely N-dealkylation sites (N-methyl/N-ethyl adjacent to an activating group) is 1. The van der Waals surface area contributed by atoms with Crippen LogP contribution in [-0.2, 0) is 4.79 Å². The Labute approximate surface area is 107 Å². The second-order valence-corrected chi connectivity index (χ2v) is 4.70. The number of rotatable bonds is 2. The van der Waals surface area contributed by atoms with Gasteiger partial charge in [-0.05, 0) is 25.8 Å². The summed E-state index contributed by atoms with van der Waals surface area (Å²) in [5, 5.41) is 0. The van der Waals surface area contributed by atoms with Crippen molar-refractivity contribution in [3.8, 4) is 0 Å². The molecule has 1 aliphatic rings. The molecule has 0 aliphatic carbocycles. The molecule has 2 unspecified atom stereocenters. The number of likely N-dealkylation sites (tertiary alicyclic amines) is 1. The fraction of sp³-hybridized carbons (Fsp3) is 0.500. The van der Waals surface area contributed by atoms with Crippen LogP contribution in [-0.4, -0.2) is 23.4 Å². The lowest BCUT2D eigenvalue weighted by atomic mass is 9.96. The number of nitrogens with zero attached hydrogens (tertiary/aromatic N) is 1. The van der Waals surface area contributed by atoms with Crippen molar-refractivity contribution in [3.63, 3.8) is 0 Å². The molecule has 0 bridgehead atoms. The zero-order valence-corrected chi connectivity index (χ0v) is 10.6. The lowest BCUT2D eigenvalue weighted by Crippen LogP contribution is -2.42. The van der Waals surface area contributed by atoms with E-state index in [2.05, 4.69) is 0 Å². The molecule has 1 aliphatic heterocycles. The molecule has 98 valence electrons. The van der Waals surface area contributed by atoms with E-state index in [1.54, 1.807) is 23.1 Å². The first-order valence-corrected chi connectivity index (χ1v) is 6.44. The van der Waals surface area contributed by atoms with Crippen molar-refractivity contribution in [2.45, 2.75) is 38.3 Å². The van der Waals surface area contributed by atoms with Gasteiger partial charge in [-0.2, -0.15) is 0 Å². The summed E-state index contributed by atoms with van der Waals surface area (Å²) < 4.78 is 13.9. The van der Waals surface area contributed by atoms with Gasteiger partial charge in [0.15, 0.2) is 0 Å². The molecule has 0 saturated carbocycles. The van der Waals surface area contributed by atoms with Crippen LogP contribution in [0.15, 0.2) is 24.3 Å². The van der Waals surface area contributed by atoms with Crippen LogP contribution in [0.3, 0.4) is 0 Å². The van der Waals surface area contributed by atoms with Crippen LogP contribution < -0.4 is 5.73 Å². The molecule has 0 aromatic heterocycles. The van der Waals surface area contributed by atoms with Crippen molar-refractivity contribution in [1.29, 1.82) is 0 Å². The van der Waals surface area contributed by atoms with Crippen molar-refractivity contribution in [2.75, 3.05) is 6.54 Å². The molecule has 1 amide bonds. The standard InChI is InChI=1S/C14H19FN2O/c1-2-17-13(18)9-5-8-12(16)14(17)10-6-3-4-7-11(10)15/h3-4,6-7,12,14H,2,5,8-9,16H2,1H3. The topological polar surface area (TPSA) is 46.3 Å². The van der Waals surface area contributed by atoms with Gasteiger partial charge in [0.2, 0.25) is 5.91 Å². The smallest absolute Gasteiger partial charge is 0.223 e. The number of benzene rings is 1. The van der Waals surface area contributed by atoms with Gasteiger partial charge in [0, 0.05) is 24.6 Å². The summed E-state index contributed by atoms with van der Waals surface area (Å²) >= 11 is 0. The summed E-state index contributed by atoms with van der Waals surface area (Å²) in [6.45, 7) is 2.47. The van der Waals surface area contributed by atoms with Gasteiger partial charge in [0.25, 0.3) is 0 Å². The maximum absolute atomic E-state index is 13.9. The molecule has 4 heteroatoms. The van der Waals surface area contributed by atoms with Crippen molar-refractivity contribution in [2.24, 2.45) is 5.73 Å². The molecule has 1 heterocycles. The first-order valence-electron chi connectivity index (χ1n) is 6.44. The average molecular weight is 250 g/mol. The van der Waals surface area contributed by atoms with Gasteiger partial charge >= 0.3 is 0 Å². The minimum Gasteiger partial charge on any atom is -0.334 e. The van der Waals surface area contributed by atoms with Gasteiger partial charge < -0.3 is 10.6 Å². The number of carbonyl (C=O) groups is 1. The van der Waals surface area contributed by atoms with E-state index in [1.807, 2.05) is 6.92 Å². The monoisotopic (exact) mass is 250 g/mol. The summed E-state index contributed by atoms with van der Waals surface area (Å²) in [6, 6.07) is 6.04. The van der Waals surface area contributed by atoms with Crippen LogP contribution in [0.5, 0.6) is 0 Å². The first-order chi connectivity index (χ1) is 8.65. The van der Waals surface area contributed by atoms with Gasteiger partial charge in [0.05, 0.1) is 6.04 Å². The highest BCUT2D eigenvalue weighted by Crippen LogP contribution is 2.31. The third-order valence-corrected chi connectivity index (χ3v) is 3.55. The molecule has 3 nitrogen and oxygen atoms in total. The Morgan fingerprint density at radius 3 is 2.83 bits per heavy atom. The molecule has 2 rings (SSSR count). The molecule has 2 N–H and O–H groups in total. The molecule has 1 aromatic rings. The molecule has 1 aromatic carbocycles. The fourth-order valence-electron chi connectivity index (χ4n) is 2.66. The van der Waals surface area contributed by atoms with Crippen molar-refractivity contribution < 1.29 is 9.18 Å². The average Bonchev–Trinajstić information content (AvgIpc) is 2.49. The lowest BCUT2D eigenvalue weighted by Gasteiger charge is -2.33. The van der Waals surface area contributed by atoms with Gasteiger partial charge in [-0.1, -0.05) is 18.2 Å². The maximum atomic E-state index is 13.9. The number of nitrogens with two attached hydrogens (primary N) is 1. The van der Waals surface area contributed by atoms with E-state index in [4.69, 9.17) is 5.73 Å². The number of hydrogen-bond donors (Lipinski definition) is 1. The largest absolute Gasteiger partial charge is 0.334 e. The second kappa shape index (κ2) is 5.48. The number of hydrogen-bond acceptors (Lipinski definition) is 2. The van der Waals surface area contributed by atoms with Gasteiger partial charge in [-0.15, -0.1) is 0 Å². The van der Waals surface area contributed by atoms with Crippen LogP contribution in [0.25, 0.3) is 0 Å². The van der Waals surface area contributed by atoms with Crippen LogP contribution >= 0.6 is 0 Å². The van der Waals surface area contributed by atoms with Crippen LogP contribution in [0.2, 0.25) is 0 Å². The summed E-state index contributed by atoms with van der Waals surface area (Å²) in [4.78, 5) is 13.7. The van der Waals surface area contributed by atoms with E-state index in [0.29, 0.717) is 18.5 Å². The Hall–Kier alpha value is -1.42. The highest BCUT2D eigenvalue weighted by atomic mass is 19.1. The zero-order chi connectivity index (χ0) is 13.1. The van der Waals surface area contributed by atoms with E-state index < -0.39 is 0 Å². The predicted octanol–water partition coefficient (Wildman–Crippen LogP) is 2.23. The summed E-state index contributed by atoms with van der Waals surface area (Å²) in [6.07, 6.45) is 2.04. The van der Waals surface area contributed by atoms with E-state index >= 15 is 0 Å². The van der Waals surface area contributed by atoms with Gasteiger partial charge in [-0.3, -0.25) is 4.79 Å². The first kappa shape index (κ1) is 13.0. The number of halogens is 1. The summed E-state index contributed by atoms with van der Waals surface area (Å²) in [5.74, 6) is -0.218. The van der Waals surface area contributed by atoms with E-state index in [1.165, 1.54) is 6.07 Å². The second-order valence-electron chi connectivity index (χ2n) is 4.70. The Bertz CT molecular complexity index is 436. The van der Waals surface area contributed by atoms with Crippen LogP contribution in [0.1, 0.15) is 37.8 Å². The fourth-order valence-corrected chi connectivity index (χ4v) is 2.66.